The van der Waals surface area contributed by atoms with Crippen molar-refractivity contribution in [2.24, 2.45) is 0 Å². The van der Waals surface area contributed by atoms with Gasteiger partial charge in [0.15, 0.2) is 5.82 Å². The highest BCUT2D eigenvalue weighted by Gasteiger charge is 2.15. The van der Waals surface area contributed by atoms with Crippen molar-refractivity contribution in [1.82, 2.24) is 25.6 Å². The van der Waals surface area contributed by atoms with Crippen LogP contribution in [0.1, 0.15) is 16.1 Å². The van der Waals surface area contributed by atoms with Gasteiger partial charge in [-0.1, -0.05) is 46.3 Å². The summed E-state index contributed by atoms with van der Waals surface area (Å²) in [5, 5.41) is 17.7. The quantitative estimate of drug-likeness (QED) is 0.313. The molecule has 0 saturated heterocycles. The topological polar surface area (TPSA) is 109 Å². The Bertz CT molecular complexity index is 1380. The van der Waals surface area contributed by atoms with Gasteiger partial charge in [0.1, 0.15) is 18.1 Å². The molecule has 0 fully saturated rings. The number of carbonyl (C=O) groups is 1. The second-order valence-corrected chi connectivity index (χ2v) is 8.02. The number of halogens is 1. The van der Waals surface area contributed by atoms with Crippen LogP contribution in [0.2, 0.25) is 0 Å². The predicted molar refractivity (Wildman–Crippen MR) is 124 cm³/mol. The lowest BCUT2D eigenvalue weighted by Crippen LogP contribution is -2.13. The van der Waals surface area contributed by atoms with Gasteiger partial charge in [0, 0.05) is 20.9 Å². The Morgan fingerprint density at radius 3 is 2.72 bits per heavy atom. The molecule has 0 spiro atoms. The number of aromatic amines is 2. The Balaban J connectivity index is 1.35. The smallest absolute Gasteiger partial charge is 0.272 e. The molecule has 0 unspecified atom stereocenters. The van der Waals surface area contributed by atoms with E-state index in [0.717, 1.165) is 26.7 Å². The second kappa shape index (κ2) is 8.64. The highest BCUT2D eigenvalue weighted by atomic mass is 79.9. The average Bonchev–Trinajstić information content (AvgIpc) is 3.49. The van der Waals surface area contributed by atoms with E-state index >= 15 is 0 Å². The Morgan fingerprint density at radius 1 is 1.03 bits per heavy atom. The van der Waals surface area contributed by atoms with Crippen LogP contribution in [0.3, 0.4) is 0 Å². The summed E-state index contributed by atoms with van der Waals surface area (Å²) in [4.78, 5) is 16.1. The van der Waals surface area contributed by atoms with E-state index in [1.807, 2.05) is 60.7 Å². The van der Waals surface area contributed by atoms with Crippen LogP contribution in [-0.4, -0.2) is 31.5 Å². The van der Waals surface area contributed by atoms with E-state index in [4.69, 9.17) is 4.74 Å². The lowest BCUT2D eigenvalue weighted by molar-refractivity contribution is 0.102. The maximum absolute atomic E-state index is 12.9. The summed E-state index contributed by atoms with van der Waals surface area (Å²) in [6, 6.07) is 22.9. The number of fused-ring (bicyclic) bond motifs is 1. The molecule has 0 radical (unpaired) electrons. The van der Waals surface area contributed by atoms with E-state index in [1.54, 1.807) is 12.1 Å². The van der Waals surface area contributed by atoms with Crippen molar-refractivity contribution in [1.29, 1.82) is 0 Å². The Labute approximate surface area is 191 Å². The Morgan fingerprint density at radius 2 is 1.91 bits per heavy atom. The van der Waals surface area contributed by atoms with Crippen LogP contribution in [0.15, 0.2) is 77.3 Å². The molecule has 8 nitrogen and oxygen atoms in total. The van der Waals surface area contributed by atoms with Crippen molar-refractivity contribution >= 4 is 38.4 Å². The molecule has 2 aromatic heterocycles. The van der Waals surface area contributed by atoms with Crippen LogP contribution in [0.4, 0.5) is 5.69 Å². The number of carbonyl (C=O) groups excluding carboxylic acids is 1. The fourth-order valence-corrected chi connectivity index (χ4v) is 3.71. The molecule has 158 valence electrons. The van der Waals surface area contributed by atoms with Crippen LogP contribution in [0, 0.1) is 0 Å². The van der Waals surface area contributed by atoms with Crippen LogP contribution in [0.25, 0.3) is 22.3 Å². The molecular weight excluding hydrogens is 472 g/mol. The van der Waals surface area contributed by atoms with Crippen molar-refractivity contribution < 1.29 is 9.53 Å². The molecule has 5 rings (SSSR count). The molecule has 0 saturated carbocycles. The fourth-order valence-electron chi connectivity index (χ4n) is 3.35. The van der Waals surface area contributed by atoms with Gasteiger partial charge < -0.3 is 15.0 Å². The molecule has 9 heteroatoms. The number of hydrogen-bond acceptors (Lipinski definition) is 5. The molecule has 3 aromatic carbocycles. The molecule has 2 heterocycles. The third-order valence-electron chi connectivity index (χ3n) is 4.92. The van der Waals surface area contributed by atoms with Crippen molar-refractivity contribution in [3.05, 3.63) is 88.5 Å². The van der Waals surface area contributed by atoms with Gasteiger partial charge in [0.05, 0.1) is 5.69 Å². The van der Waals surface area contributed by atoms with Crippen molar-refractivity contribution in [3.63, 3.8) is 0 Å². The molecular formula is C23H17BrN6O2. The van der Waals surface area contributed by atoms with Gasteiger partial charge in [-0.3, -0.25) is 4.79 Å². The first-order valence-corrected chi connectivity index (χ1v) is 10.6. The Hall–Kier alpha value is -3.98. The highest BCUT2D eigenvalue weighted by molar-refractivity contribution is 9.10. The number of benzene rings is 3. The zero-order valence-corrected chi connectivity index (χ0v) is 18.3. The van der Waals surface area contributed by atoms with E-state index in [-0.39, 0.29) is 5.91 Å². The van der Waals surface area contributed by atoms with Crippen LogP contribution in [-0.2, 0) is 6.61 Å². The van der Waals surface area contributed by atoms with E-state index in [2.05, 4.69) is 46.9 Å². The molecule has 0 bridgehead atoms. The number of ether oxygens (including phenoxy) is 1. The zero-order valence-electron chi connectivity index (χ0n) is 16.7. The monoisotopic (exact) mass is 488 g/mol. The van der Waals surface area contributed by atoms with Gasteiger partial charge in [-0.05, 0) is 58.5 Å². The van der Waals surface area contributed by atoms with Gasteiger partial charge in [-0.25, -0.2) is 5.10 Å². The summed E-state index contributed by atoms with van der Waals surface area (Å²) in [6.07, 6.45) is 0. The normalized spacial score (nSPS) is 10.9. The van der Waals surface area contributed by atoms with Crippen molar-refractivity contribution in [2.45, 2.75) is 6.61 Å². The first-order chi connectivity index (χ1) is 15.7. The number of anilines is 1. The summed E-state index contributed by atoms with van der Waals surface area (Å²) < 4.78 is 6.74. The molecule has 0 atom stereocenters. The lowest BCUT2D eigenvalue weighted by atomic mass is 10.1. The number of rotatable bonds is 6. The molecule has 0 aliphatic carbocycles. The molecule has 0 aliphatic heterocycles. The van der Waals surface area contributed by atoms with E-state index in [9.17, 15) is 4.79 Å². The number of nitrogens with zero attached hydrogens (tertiary/aromatic N) is 3. The third kappa shape index (κ3) is 4.23. The van der Waals surface area contributed by atoms with Crippen molar-refractivity contribution in [3.8, 4) is 17.1 Å². The predicted octanol–water partition coefficient (Wildman–Crippen LogP) is 4.94. The molecule has 5 aromatic rings. The number of amides is 1. The van der Waals surface area contributed by atoms with Crippen LogP contribution < -0.4 is 10.1 Å². The Kier molecular flexibility index (Phi) is 5.39. The van der Waals surface area contributed by atoms with E-state index in [0.29, 0.717) is 29.4 Å². The van der Waals surface area contributed by atoms with Gasteiger partial charge >= 0.3 is 0 Å². The third-order valence-corrected chi connectivity index (χ3v) is 5.41. The summed E-state index contributed by atoms with van der Waals surface area (Å²) in [5.74, 6) is 0.919. The van der Waals surface area contributed by atoms with E-state index < -0.39 is 0 Å². The second-order valence-electron chi connectivity index (χ2n) is 7.10. The minimum absolute atomic E-state index is 0.274. The minimum atomic E-state index is -0.274. The average molecular weight is 489 g/mol. The van der Waals surface area contributed by atoms with E-state index in [1.165, 1.54) is 0 Å². The summed E-state index contributed by atoms with van der Waals surface area (Å²) >= 11 is 3.44. The van der Waals surface area contributed by atoms with Gasteiger partial charge in [-0.2, -0.15) is 0 Å². The van der Waals surface area contributed by atoms with Gasteiger partial charge in [-0.15, -0.1) is 5.10 Å². The molecule has 3 N–H and O–H groups in total. The summed E-state index contributed by atoms with van der Waals surface area (Å²) in [6.45, 7) is 0.479. The number of nitrogens with one attached hydrogen (secondary N) is 3. The zero-order chi connectivity index (χ0) is 21.9. The number of H-pyrrole nitrogens is 2. The fraction of sp³-hybridized carbons (Fsp3) is 0.0435. The molecule has 0 aliphatic rings. The van der Waals surface area contributed by atoms with Crippen LogP contribution in [0.5, 0.6) is 5.75 Å². The summed E-state index contributed by atoms with van der Waals surface area (Å²) in [5.41, 5.74) is 3.63. The standard InChI is InChI=1S/C23H17BrN6O2/c24-16-6-8-20(18(12-16)22-27-29-30-28-22)26-23(31)21-11-15-10-17(7-9-19(15)25-21)32-13-14-4-2-1-3-5-14/h1-12,25H,13H2,(H,26,31)(H,27,28,29,30). The maximum Gasteiger partial charge on any atom is 0.272 e. The van der Waals surface area contributed by atoms with Gasteiger partial charge in [0.25, 0.3) is 5.91 Å². The maximum atomic E-state index is 12.9. The number of hydrogen-bond donors (Lipinski definition) is 3. The largest absolute Gasteiger partial charge is 0.489 e. The van der Waals surface area contributed by atoms with Crippen molar-refractivity contribution in [2.75, 3.05) is 5.32 Å². The number of aromatic nitrogens is 5. The lowest BCUT2D eigenvalue weighted by Gasteiger charge is -2.09. The minimum Gasteiger partial charge on any atom is -0.489 e. The summed E-state index contributed by atoms with van der Waals surface area (Å²) in [7, 11) is 0. The van der Waals surface area contributed by atoms with Crippen LogP contribution >= 0.6 is 15.9 Å². The first-order valence-electron chi connectivity index (χ1n) is 9.80. The first kappa shape index (κ1) is 20.0. The number of tetrazole rings is 1. The molecule has 32 heavy (non-hydrogen) atoms. The highest BCUT2D eigenvalue weighted by Crippen LogP contribution is 2.29. The SMILES string of the molecule is O=C(Nc1ccc(Br)cc1-c1nnn[nH]1)c1cc2cc(OCc3ccccc3)ccc2[nH]1. The molecule has 1 amide bonds. The van der Waals surface area contributed by atoms with Gasteiger partial charge in [0.2, 0.25) is 0 Å².